The monoisotopic (exact) mass is 314 g/mol. The first-order chi connectivity index (χ1) is 11.2. The predicted molar refractivity (Wildman–Crippen MR) is 85.8 cm³/mol. The molecule has 0 spiro atoms. The molecular formula is C17H22N4O2. The van der Waals surface area contributed by atoms with Gasteiger partial charge in [0.05, 0.1) is 6.04 Å². The van der Waals surface area contributed by atoms with Gasteiger partial charge in [0.2, 0.25) is 5.91 Å². The van der Waals surface area contributed by atoms with E-state index in [-0.39, 0.29) is 24.0 Å². The third-order valence-electron chi connectivity index (χ3n) is 4.87. The number of hydrogen-bond donors (Lipinski definition) is 2. The second-order valence-electron chi connectivity index (χ2n) is 6.63. The molecular weight excluding hydrogens is 292 g/mol. The van der Waals surface area contributed by atoms with Crippen LogP contribution in [0.4, 0.5) is 4.79 Å². The van der Waals surface area contributed by atoms with E-state index in [1.165, 1.54) is 0 Å². The Kier molecular flexibility index (Phi) is 3.69. The maximum Gasteiger partial charge on any atom is 0.317 e. The average Bonchev–Trinajstić information content (AvgIpc) is 3.23. The Labute approximate surface area is 135 Å². The lowest BCUT2D eigenvalue weighted by molar-refractivity contribution is -0.129. The van der Waals surface area contributed by atoms with Gasteiger partial charge in [-0.05, 0) is 18.4 Å². The van der Waals surface area contributed by atoms with E-state index in [0.717, 1.165) is 44.6 Å². The first-order valence-corrected chi connectivity index (χ1v) is 8.36. The Hall–Kier alpha value is -2.08. The van der Waals surface area contributed by atoms with Crippen LogP contribution in [0.1, 0.15) is 24.4 Å². The van der Waals surface area contributed by atoms with E-state index in [0.29, 0.717) is 6.04 Å². The minimum atomic E-state index is -0.251. The fourth-order valence-electron chi connectivity index (χ4n) is 3.40. The van der Waals surface area contributed by atoms with E-state index >= 15 is 0 Å². The molecule has 3 aliphatic rings. The third kappa shape index (κ3) is 2.91. The van der Waals surface area contributed by atoms with Gasteiger partial charge in [0, 0.05) is 32.2 Å². The molecule has 2 N–H and O–H groups in total. The van der Waals surface area contributed by atoms with Gasteiger partial charge < -0.3 is 15.5 Å². The number of carbonyl (C=O) groups excluding carboxylic acids is 2. The zero-order valence-electron chi connectivity index (χ0n) is 13.1. The predicted octanol–water partition coefficient (Wildman–Crippen LogP) is 0.716. The Morgan fingerprint density at radius 1 is 1.22 bits per heavy atom. The summed E-state index contributed by atoms with van der Waals surface area (Å²) in [5.74, 6) is 0.0861. The number of likely N-dealkylation sites (tertiary alicyclic amines) is 1. The van der Waals surface area contributed by atoms with Gasteiger partial charge in [-0.15, -0.1) is 0 Å². The van der Waals surface area contributed by atoms with Crippen LogP contribution in [0.25, 0.3) is 0 Å². The van der Waals surface area contributed by atoms with Gasteiger partial charge in [-0.25, -0.2) is 4.79 Å². The fraction of sp³-hybridized carbons (Fsp3) is 0.529. The summed E-state index contributed by atoms with van der Waals surface area (Å²) in [4.78, 5) is 28.5. The van der Waals surface area contributed by atoms with Crippen molar-refractivity contribution in [2.45, 2.75) is 31.0 Å². The molecule has 6 heteroatoms. The molecule has 2 saturated heterocycles. The van der Waals surface area contributed by atoms with Crippen molar-refractivity contribution in [2.75, 3.05) is 26.2 Å². The van der Waals surface area contributed by atoms with Crippen LogP contribution in [0.2, 0.25) is 0 Å². The van der Waals surface area contributed by atoms with Gasteiger partial charge in [-0.3, -0.25) is 9.69 Å². The van der Waals surface area contributed by atoms with E-state index in [1.54, 1.807) is 0 Å². The number of rotatable bonds is 5. The van der Waals surface area contributed by atoms with Gasteiger partial charge in [0.15, 0.2) is 0 Å². The molecule has 0 bridgehead atoms. The molecule has 6 nitrogen and oxygen atoms in total. The molecule has 0 aromatic heterocycles. The van der Waals surface area contributed by atoms with Crippen molar-refractivity contribution < 1.29 is 9.59 Å². The van der Waals surface area contributed by atoms with E-state index in [4.69, 9.17) is 0 Å². The van der Waals surface area contributed by atoms with E-state index in [1.807, 2.05) is 35.2 Å². The Bertz CT molecular complexity index is 596. The lowest BCUT2D eigenvalue weighted by atomic mass is 9.97. The number of benzene rings is 1. The number of amides is 3. The maximum absolute atomic E-state index is 12.7. The molecule has 2 heterocycles. The van der Waals surface area contributed by atoms with Crippen molar-refractivity contribution >= 4 is 11.9 Å². The van der Waals surface area contributed by atoms with Crippen molar-refractivity contribution in [1.82, 2.24) is 20.4 Å². The highest BCUT2D eigenvalue weighted by Gasteiger charge is 2.42. The van der Waals surface area contributed by atoms with Crippen molar-refractivity contribution in [2.24, 2.45) is 0 Å². The standard InChI is InChI=1S/C17H22N4O2/c22-16(19-13-6-7-13)15(12-4-2-1-3-5-12)20-10-14(11-20)21-9-8-18-17(21)23/h1-5,13-15H,6-11H2,(H,18,23)(H,19,22). The highest BCUT2D eigenvalue weighted by atomic mass is 16.2. The smallest absolute Gasteiger partial charge is 0.317 e. The lowest BCUT2D eigenvalue weighted by Crippen LogP contribution is -2.62. The van der Waals surface area contributed by atoms with Gasteiger partial charge >= 0.3 is 6.03 Å². The van der Waals surface area contributed by atoms with Gasteiger partial charge in [0.25, 0.3) is 0 Å². The van der Waals surface area contributed by atoms with E-state index < -0.39 is 0 Å². The first kappa shape index (κ1) is 14.5. The molecule has 3 amide bonds. The van der Waals surface area contributed by atoms with Crippen LogP contribution < -0.4 is 10.6 Å². The summed E-state index contributed by atoms with van der Waals surface area (Å²) in [6.07, 6.45) is 2.17. The summed E-state index contributed by atoms with van der Waals surface area (Å²) in [7, 11) is 0. The maximum atomic E-state index is 12.7. The van der Waals surface area contributed by atoms with Gasteiger partial charge in [0.1, 0.15) is 6.04 Å². The van der Waals surface area contributed by atoms with Crippen molar-refractivity contribution in [3.8, 4) is 0 Å². The number of urea groups is 1. The number of nitrogens with zero attached hydrogens (tertiary/aromatic N) is 2. The number of hydrogen-bond acceptors (Lipinski definition) is 3. The molecule has 4 rings (SSSR count). The second-order valence-corrected chi connectivity index (χ2v) is 6.63. The average molecular weight is 314 g/mol. The second kappa shape index (κ2) is 5.85. The molecule has 1 atom stereocenters. The third-order valence-corrected chi connectivity index (χ3v) is 4.87. The van der Waals surface area contributed by atoms with Crippen LogP contribution in [0, 0.1) is 0 Å². The first-order valence-electron chi connectivity index (χ1n) is 8.36. The molecule has 122 valence electrons. The normalized spacial score (nSPS) is 23.3. The number of nitrogens with one attached hydrogen (secondary N) is 2. The fourth-order valence-corrected chi connectivity index (χ4v) is 3.40. The van der Waals surface area contributed by atoms with Crippen LogP contribution in [-0.4, -0.2) is 60.0 Å². The molecule has 2 aliphatic heterocycles. The summed E-state index contributed by atoms with van der Waals surface area (Å²) in [5.41, 5.74) is 1.02. The van der Waals surface area contributed by atoms with Crippen LogP contribution in [0.5, 0.6) is 0 Å². The Morgan fingerprint density at radius 3 is 2.57 bits per heavy atom. The summed E-state index contributed by atoms with van der Waals surface area (Å²) in [6, 6.07) is 10.3. The Morgan fingerprint density at radius 2 is 1.96 bits per heavy atom. The SMILES string of the molecule is O=C(NC1CC1)C(c1ccccc1)N1CC(N2CCNC2=O)C1. The zero-order valence-corrected chi connectivity index (χ0v) is 13.1. The Balaban J connectivity index is 1.46. The van der Waals surface area contributed by atoms with Crippen LogP contribution in [0.3, 0.4) is 0 Å². The quantitative estimate of drug-likeness (QED) is 0.841. The van der Waals surface area contributed by atoms with Crippen molar-refractivity contribution in [1.29, 1.82) is 0 Å². The van der Waals surface area contributed by atoms with Gasteiger partial charge in [-0.1, -0.05) is 30.3 Å². The minimum absolute atomic E-state index is 0.0216. The topological polar surface area (TPSA) is 64.7 Å². The van der Waals surface area contributed by atoms with Crippen LogP contribution >= 0.6 is 0 Å². The lowest BCUT2D eigenvalue weighted by Gasteiger charge is -2.46. The summed E-state index contributed by atoms with van der Waals surface area (Å²) in [6.45, 7) is 3.00. The highest BCUT2D eigenvalue weighted by molar-refractivity contribution is 5.84. The molecule has 1 saturated carbocycles. The van der Waals surface area contributed by atoms with Gasteiger partial charge in [-0.2, -0.15) is 0 Å². The summed E-state index contributed by atoms with van der Waals surface area (Å²) < 4.78 is 0. The molecule has 23 heavy (non-hydrogen) atoms. The summed E-state index contributed by atoms with van der Waals surface area (Å²) in [5, 5.41) is 5.96. The molecule has 1 aliphatic carbocycles. The van der Waals surface area contributed by atoms with Crippen LogP contribution in [-0.2, 0) is 4.79 Å². The highest BCUT2D eigenvalue weighted by Crippen LogP contribution is 2.30. The largest absolute Gasteiger partial charge is 0.352 e. The molecule has 3 fully saturated rings. The van der Waals surface area contributed by atoms with E-state index in [9.17, 15) is 9.59 Å². The van der Waals surface area contributed by atoms with Crippen LogP contribution in [0.15, 0.2) is 30.3 Å². The molecule has 0 radical (unpaired) electrons. The van der Waals surface area contributed by atoms with Crippen molar-refractivity contribution in [3.05, 3.63) is 35.9 Å². The zero-order chi connectivity index (χ0) is 15.8. The minimum Gasteiger partial charge on any atom is -0.352 e. The molecule has 1 aromatic rings. The van der Waals surface area contributed by atoms with E-state index in [2.05, 4.69) is 15.5 Å². The molecule has 1 aromatic carbocycles. The number of carbonyl (C=O) groups is 2. The summed E-state index contributed by atoms with van der Waals surface area (Å²) >= 11 is 0. The van der Waals surface area contributed by atoms with Crippen molar-refractivity contribution in [3.63, 3.8) is 0 Å². The molecule has 1 unspecified atom stereocenters.